The summed E-state index contributed by atoms with van der Waals surface area (Å²) in [4.78, 5) is 41.5. The Labute approximate surface area is 129 Å². The van der Waals surface area contributed by atoms with Gasteiger partial charge in [-0.3, -0.25) is 14.7 Å². The molecule has 1 aliphatic rings. The third kappa shape index (κ3) is 1.98. The number of amides is 2. The SMILES string of the molecule is O=C(ON1C(=O)c2ccccc2C1=O)c1ccc2[nH]ncc2c1. The lowest BCUT2D eigenvalue weighted by Crippen LogP contribution is -2.32. The summed E-state index contributed by atoms with van der Waals surface area (Å²) in [7, 11) is 0. The van der Waals surface area contributed by atoms with Gasteiger partial charge in [0.25, 0.3) is 11.8 Å². The largest absolute Gasteiger partial charge is 0.363 e. The lowest BCUT2D eigenvalue weighted by atomic mass is 10.1. The van der Waals surface area contributed by atoms with Crippen molar-refractivity contribution in [3.63, 3.8) is 0 Å². The van der Waals surface area contributed by atoms with Gasteiger partial charge in [0.05, 0.1) is 28.4 Å². The fourth-order valence-electron chi connectivity index (χ4n) is 2.46. The van der Waals surface area contributed by atoms with Gasteiger partial charge in [0.1, 0.15) is 0 Å². The topological polar surface area (TPSA) is 92.4 Å². The van der Waals surface area contributed by atoms with Gasteiger partial charge in [-0.2, -0.15) is 5.10 Å². The predicted octanol–water partition coefficient (Wildman–Crippen LogP) is 1.93. The van der Waals surface area contributed by atoms with Crippen LogP contribution in [0.2, 0.25) is 0 Å². The van der Waals surface area contributed by atoms with Crippen LogP contribution in [-0.2, 0) is 4.84 Å². The first-order valence-corrected chi connectivity index (χ1v) is 6.78. The molecule has 1 N–H and O–H groups in total. The second-order valence-corrected chi connectivity index (χ2v) is 5.00. The monoisotopic (exact) mass is 307 g/mol. The van der Waals surface area contributed by atoms with E-state index in [4.69, 9.17) is 4.84 Å². The lowest BCUT2D eigenvalue weighted by molar-refractivity contribution is -0.0584. The highest BCUT2D eigenvalue weighted by Crippen LogP contribution is 2.23. The number of H-pyrrole nitrogens is 1. The van der Waals surface area contributed by atoms with Crippen LogP contribution >= 0.6 is 0 Å². The van der Waals surface area contributed by atoms with Crippen molar-refractivity contribution in [3.8, 4) is 0 Å². The van der Waals surface area contributed by atoms with E-state index in [9.17, 15) is 14.4 Å². The second-order valence-electron chi connectivity index (χ2n) is 5.00. The van der Waals surface area contributed by atoms with E-state index in [-0.39, 0.29) is 16.7 Å². The van der Waals surface area contributed by atoms with E-state index < -0.39 is 17.8 Å². The predicted molar refractivity (Wildman–Crippen MR) is 78.5 cm³/mol. The van der Waals surface area contributed by atoms with Gasteiger partial charge in [-0.05, 0) is 30.3 Å². The molecule has 0 atom stereocenters. The molecule has 1 aliphatic heterocycles. The first-order chi connectivity index (χ1) is 11.1. The van der Waals surface area contributed by atoms with Gasteiger partial charge in [-0.1, -0.05) is 17.2 Å². The van der Waals surface area contributed by atoms with Crippen LogP contribution in [0.15, 0.2) is 48.7 Å². The molecule has 0 bridgehead atoms. The number of nitrogens with zero attached hydrogens (tertiary/aromatic N) is 2. The highest BCUT2D eigenvalue weighted by atomic mass is 16.7. The Morgan fingerprint density at radius 3 is 2.43 bits per heavy atom. The van der Waals surface area contributed by atoms with E-state index >= 15 is 0 Å². The zero-order valence-corrected chi connectivity index (χ0v) is 11.6. The van der Waals surface area contributed by atoms with Crippen LogP contribution in [0.25, 0.3) is 10.9 Å². The summed E-state index contributed by atoms with van der Waals surface area (Å²) >= 11 is 0. The van der Waals surface area contributed by atoms with Crippen molar-refractivity contribution in [1.29, 1.82) is 0 Å². The molecule has 0 radical (unpaired) electrons. The van der Waals surface area contributed by atoms with Crippen LogP contribution in [0, 0.1) is 0 Å². The average molecular weight is 307 g/mol. The number of hydrogen-bond acceptors (Lipinski definition) is 5. The molecule has 0 saturated heterocycles. The van der Waals surface area contributed by atoms with Crippen LogP contribution in [-0.4, -0.2) is 33.0 Å². The lowest BCUT2D eigenvalue weighted by Gasteiger charge is -2.12. The Balaban J connectivity index is 1.62. The van der Waals surface area contributed by atoms with Crippen molar-refractivity contribution < 1.29 is 19.2 Å². The average Bonchev–Trinajstić information content (AvgIpc) is 3.13. The third-order valence-corrected chi connectivity index (χ3v) is 3.61. The standard InChI is InChI=1S/C16H9N3O4/c20-14-11-3-1-2-4-12(11)15(21)19(14)23-16(22)9-5-6-13-10(7-9)8-17-18-13/h1-8H,(H,17,18). The number of hydroxylamine groups is 2. The number of fused-ring (bicyclic) bond motifs is 2. The highest BCUT2D eigenvalue weighted by Gasteiger charge is 2.38. The molecule has 112 valence electrons. The third-order valence-electron chi connectivity index (χ3n) is 3.61. The number of carbonyl (C=O) groups is 3. The molecule has 0 unspecified atom stereocenters. The first kappa shape index (κ1) is 13.2. The summed E-state index contributed by atoms with van der Waals surface area (Å²) < 4.78 is 0. The molecule has 2 amide bonds. The number of aromatic amines is 1. The van der Waals surface area contributed by atoms with Crippen molar-refractivity contribution in [3.05, 3.63) is 65.4 Å². The first-order valence-electron chi connectivity index (χ1n) is 6.78. The molecule has 3 aromatic rings. The Bertz CT molecular complexity index is 941. The number of imide groups is 1. The minimum Gasteiger partial charge on any atom is -0.324 e. The molecule has 2 heterocycles. The molecule has 2 aromatic carbocycles. The quantitative estimate of drug-likeness (QED) is 0.730. The summed E-state index contributed by atoms with van der Waals surface area (Å²) in [5.41, 5.74) is 1.42. The van der Waals surface area contributed by atoms with E-state index in [2.05, 4.69) is 10.2 Å². The molecule has 1 aromatic heterocycles. The van der Waals surface area contributed by atoms with Crippen molar-refractivity contribution in [1.82, 2.24) is 15.3 Å². The van der Waals surface area contributed by atoms with E-state index in [0.717, 1.165) is 10.9 Å². The zero-order valence-electron chi connectivity index (χ0n) is 11.6. The van der Waals surface area contributed by atoms with Crippen LogP contribution in [0.1, 0.15) is 31.1 Å². The summed E-state index contributed by atoms with van der Waals surface area (Å²) in [5.74, 6) is -2.09. The summed E-state index contributed by atoms with van der Waals surface area (Å²) in [6, 6.07) is 11.1. The molecule has 0 fully saturated rings. The van der Waals surface area contributed by atoms with E-state index in [1.807, 2.05) is 0 Å². The molecule has 7 heteroatoms. The summed E-state index contributed by atoms with van der Waals surface area (Å²) in [5, 5.41) is 7.84. The molecule has 7 nitrogen and oxygen atoms in total. The molecular weight excluding hydrogens is 298 g/mol. The normalized spacial score (nSPS) is 13.5. The van der Waals surface area contributed by atoms with Gasteiger partial charge in [-0.25, -0.2) is 4.79 Å². The van der Waals surface area contributed by atoms with Crippen LogP contribution in [0.3, 0.4) is 0 Å². The number of benzene rings is 2. The molecule has 0 aliphatic carbocycles. The molecule has 4 rings (SSSR count). The van der Waals surface area contributed by atoms with E-state index in [1.54, 1.807) is 30.5 Å². The minimum absolute atomic E-state index is 0.218. The minimum atomic E-state index is -0.789. The number of aromatic nitrogens is 2. The van der Waals surface area contributed by atoms with Gasteiger partial charge >= 0.3 is 5.97 Å². The van der Waals surface area contributed by atoms with Gasteiger partial charge in [0.15, 0.2) is 0 Å². The fraction of sp³-hybridized carbons (Fsp3) is 0. The molecule has 23 heavy (non-hydrogen) atoms. The van der Waals surface area contributed by atoms with Crippen molar-refractivity contribution in [2.24, 2.45) is 0 Å². The summed E-state index contributed by atoms with van der Waals surface area (Å²) in [6.45, 7) is 0. The Morgan fingerprint density at radius 2 is 1.74 bits per heavy atom. The van der Waals surface area contributed by atoms with Crippen LogP contribution < -0.4 is 0 Å². The summed E-state index contributed by atoms with van der Waals surface area (Å²) in [6.07, 6.45) is 1.56. The smallest absolute Gasteiger partial charge is 0.324 e. The van der Waals surface area contributed by atoms with Gasteiger partial charge in [-0.15, -0.1) is 0 Å². The Morgan fingerprint density at radius 1 is 1.04 bits per heavy atom. The molecule has 0 spiro atoms. The highest BCUT2D eigenvalue weighted by molar-refractivity contribution is 6.21. The molecule has 0 saturated carbocycles. The van der Waals surface area contributed by atoms with Crippen molar-refractivity contribution in [2.45, 2.75) is 0 Å². The maximum Gasteiger partial charge on any atom is 0.363 e. The number of rotatable bonds is 2. The maximum atomic E-state index is 12.2. The fourth-order valence-corrected chi connectivity index (χ4v) is 2.46. The van der Waals surface area contributed by atoms with Crippen LogP contribution in [0.4, 0.5) is 0 Å². The Hall–Kier alpha value is -3.48. The van der Waals surface area contributed by atoms with Gasteiger partial charge in [0, 0.05) is 5.39 Å². The van der Waals surface area contributed by atoms with Crippen molar-refractivity contribution >= 4 is 28.7 Å². The Kier molecular flexibility index (Phi) is 2.74. The molecular formula is C16H9N3O4. The van der Waals surface area contributed by atoms with E-state index in [0.29, 0.717) is 5.06 Å². The van der Waals surface area contributed by atoms with Gasteiger partial charge < -0.3 is 4.84 Å². The number of hydrogen-bond donors (Lipinski definition) is 1. The van der Waals surface area contributed by atoms with E-state index in [1.165, 1.54) is 18.2 Å². The van der Waals surface area contributed by atoms with Gasteiger partial charge in [0.2, 0.25) is 0 Å². The maximum absolute atomic E-state index is 12.2. The van der Waals surface area contributed by atoms with Crippen molar-refractivity contribution in [2.75, 3.05) is 0 Å². The number of nitrogens with one attached hydrogen (secondary N) is 1. The second kappa shape index (κ2) is 4.77. The number of carbonyl (C=O) groups excluding carboxylic acids is 3. The zero-order chi connectivity index (χ0) is 16.0. The van der Waals surface area contributed by atoms with Crippen LogP contribution in [0.5, 0.6) is 0 Å².